The zero-order valence-electron chi connectivity index (χ0n) is 23.0. The molecule has 5 nitrogen and oxygen atoms in total. The molecule has 0 aliphatic heterocycles. The van der Waals surface area contributed by atoms with Crippen molar-refractivity contribution in [3.63, 3.8) is 0 Å². The Labute approximate surface area is 218 Å². The lowest BCUT2D eigenvalue weighted by Gasteiger charge is -2.20. The molecule has 0 spiro atoms. The maximum absolute atomic E-state index is 13.1. The van der Waals surface area contributed by atoms with E-state index >= 15 is 0 Å². The molecule has 0 aromatic heterocycles. The summed E-state index contributed by atoms with van der Waals surface area (Å²) in [6.45, 7) is 16.9. The van der Waals surface area contributed by atoms with Gasteiger partial charge in [-0.1, -0.05) is 27.7 Å². The van der Waals surface area contributed by atoms with Gasteiger partial charge in [-0.05, 0) is 112 Å². The zero-order chi connectivity index (χ0) is 25.8. The van der Waals surface area contributed by atoms with Crippen LogP contribution >= 0.6 is 0 Å². The lowest BCUT2D eigenvalue weighted by atomic mass is 10.1. The molecule has 198 valence electrons. The topological polar surface area (TPSA) is 42.0 Å². The fraction of sp³-hybridized carbons (Fsp3) is 0.581. The normalized spacial score (nSPS) is 12.3. The molecular formula is C31H46N2O3. The van der Waals surface area contributed by atoms with Crippen molar-refractivity contribution in [2.75, 3.05) is 52.5 Å². The van der Waals surface area contributed by atoms with E-state index in [0.29, 0.717) is 13.2 Å². The minimum atomic E-state index is 0.0730. The first-order chi connectivity index (χ1) is 17.6. The van der Waals surface area contributed by atoms with Gasteiger partial charge in [0.2, 0.25) is 0 Å². The van der Waals surface area contributed by atoms with Crippen LogP contribution in [-0.4, -0.2) is 68.1 Å². The molecule has 0 N–H and O–H groups in total. The van der Waals surface area contributed by atoms with Crippen molar-refractivity contribution in [3.8, 4) is 22.6 Å². The van der Waals surface area contributed by atoms with E-state index in [1.54, 1.807) is 0 Å². The van der Waals surface area contributed by atoms with Gasteiger partial charge in [-0.25, -0.2) is 0 Å². The summed E-state index contributed by atoms with van der Waals surface area (Å²) in [5, 5.41) is 0. The van der Waals surface area contributed by atoms with Crippen LogP contribution in [0.1, 0.15) is 82.1 Å². The van der Waals surface area contributed by atoms with Crippen LogP contribution in [0, 0.1) is 0 Å². The van der Waals surface area contributed by atoms with Crippen molar-refractivity contribution in [1.29, 1.82) is 0 Å². The summed E-state index contributed by atoms with van der Waals surface area (Å²) in [4.78, 5) is 18.1. The van der Waals surface area contributed by atoms with Crippen LogP contribution in [-0.2, 0) is 0 Å². The summed E-state index contributed by atoms with van der Waals surface area (Å²) >= 11 is 0. The minimum absolute atomic E-state index is 0.0730. The first kappa shape index (κ1) is 28.2. The van der Waals surface area contributed by atoms with E-state index in [4.69, 9.17) is 9.47 Å². The van der Waals surface area contributed by atoms with E-state index < -0.39 is 0 Å². The van der Waals surface area contributed by atoms with Gasteiger partial charge < -0.3 is 19.3 Å². The van der Waals surface area contributed by atoms with Gasteiger partial charge in [-0.3, -0.25) is 4.79 Å². The smallest absolute Gasteiger partial charge is 0.194 e. The van der Waals surface area contributed by atoms with Gasteiger partial charge in [0.1, 0.15) is 11.5 Å². The molecular weight excluding hydrogens is 448 g/mol. The molecule has 0 bridgehead atoms. The third-order valence-corrected chi connectivity index (χ3v) is 6.70. The van der Waals surface area contributed by atoms with E-state index in [0.717, 1.165) is 85.9 Å². The van der Waals surface area contributed by atoms with Crippen LogP contribution < -0.4 is 9.47 Å². The Hall–Kier alpha value is -2.37. The Balaban J connectivity index is 1.54. The monoisotopic (exact) mass is 494 g/mol. The summed E-state index contributed by atoms with van der Waals surface area (Å²) < 4.78 is 12.1. The minimum Gasteiger partial charge on any atom is -0.494 e. The molecule has 2 aromatic carbocycles. The van der Waals surface area contributed by atoms with E-state index in [1.807, 2.05) is 36.4 Å². The molecule has 0 radical (unpaired) electrons. The number of fused-ring (bicyclic) bond motifs is 3. The Morgan fingerprint density at radius 1 is 0.556 bits per heavy atom. The molecule has 0 fully saturated rings. The molecule has 0 amide bonds. The van der Waals surface area contributed by atoms with Crippen LogP contribution in [0.3, 0.4) is 0 Å². The van der Waals surface area contributed by atoms with Crippen LogP contribution in [0.15, 0.2) is 36.4 Å². The number of hydrogen-bond acceptors (Lipinski definition) is 5. The Morgan fingerprint density at radius 3 is 1.47 bits per heavy atom. The fourth-order valence-electron chi connectivity index (χ4n) is 5.11. The highest BCUT2D eigenvalue weighted by atomic mass is 16.5. The molecule has 0 saturated heterocycles. The molecule has 0 saturated carbocycles. The molecule has 0 unspecified atom stereocenters. The van der Waals surface area contributed by atoms with E-state index in [9.17, 15) is 4.79 Å². The maximum atomic E-state index is 13.1. The molecule has 36 heavy (non-hydrogen) atoms. The maximum Gasteiger partial charge on any atom is 0.194 e. The van der Waals surface area contributed by atoms with Crippen LogP contribution in [0.25, 0.3) is 11.1 Å². The average Bonchev–Trinajstić information content (AvgIpc) is 3.15. The van der Waals surface area contributed by atoms with Gasteiger partial charge in [0.25, 0.3) is 0 Å². The third-order valence-electron chi connectivity index (χ3n) is 6.70. The van der Waals surface area contributed by atoms with Gasteiger partial charge >= 0.3 is 0 Å². The average molecular weight is 495 g/mol. The molecule has 2 aromatic rings. The number of carbonyl (C=O) groups is 1. The molecule has 0 atom stereocenters. The van der Waals surface area contributed by atoms with Gasteiger partial charge in [-0.2, -0.15) is 0 Å². The van der Waals surface area contributed by atoms with Gasteiger partial charge in [0.05, 0.1) is 13.2 Å². The Bertz CT molecular complexity index is 947. The standard InChI is InChI=1S/C31H46N2O3/c1-5-15-32(16-6-2)19-9-21-35-25-12-14-28-29(23-25)27-13-11-26(24-30(27)31(28)34)36-22-10-20-33(17-7-3)18-8-4/h11-14,23-24H,5-10,15-22H2,1-4H3. The molecule has 0 heterocycles. The second kappa shape index (κ2) is 15.0. The van der Waals surface area contributed by atoms with Crippen LogP contribution in [0.5, 0.6) is 11.5 Å². The first-order valence-electron chi connectivity index (χ1n) is 14.1. The summed E-state index contributed by atoms with van der Waals surface area (Å²) in [7, 11) is 0. The Kier molecular flexibility index (Phi) is 11.8. The highest BCUT2D eigenvalue weighted by Gasteiger charge is 2.27. The van der Waals surface area contributed by atoms with Crippen molar-refractivity contribution in [3.05, 3.63) is 47.5 Å². The lowest BCUT2D eigenvalue weighted by Crippen LogP contribution is -2.27. The summed E-state index contributed by atoms with van der Waals surface area (Å²) in [6.07, 6.45) is 6.71. The summed E-state index contributed by atoms with van der Waals surface area (Å²) in [5.74, 6) is 1.67. The van der Waals surface area contributed by atoms with Crippen LogP contribution in [0.4, 0.5) is 0 Å². The Morgan fingerprint density at radius 2 is 1.00 bits per heavy atom. The second-order valence-electron chi connectivity index (χ2n) is 9.83. The van der Waals surface area contributed by atoms with Crippen molar-refractivity contribution in [2.24, 2.45) is 0 Å². The van der Waals surface area contributed by atoms with Crippen molar-refractivity contribution >= 4 is 5.78 Å². The number of nitrogens with zero attached hydrogens (tertiary/aromatic N) is 2. The quantitative estimate of drug-likeness (QED) is 0.185. The number of hydrogen-bond donors (Lipinski definition) is 0. The van der Waals surface area contributed by atoms with Crippen molar-refractivity contribution in [1.82, 2.24) is 9.80 Å². The molecule has 1 aliphatic carbocycles. The predicted molar refractivity (Wildman–Crippen MR) is 150 cm³/mol. The van der Waals surface area contributed by atoms with E-state index in [2.05, 4.69) is 37.5 Å². The molecule has 1 aliphatic rings. The van der Waals surface area contributed by atoms with Gasteiger partial charge in [-0.15, -0.1) is 0 Å². The summed E-state index contributed by atoms with van der Waals surface area (Å²) in [5.41, 5.74) is 3.42. The van der Waals surface area contributed by atoms with E-state index in [-0.39, 0.29) is 5.78 Å². The van der Waals surface area contributed by atoms with Crippen LogP contribution in [0.2, 0.25) is 0 Å². The van der Waals surface area contributed by atoms with Gasteiger partial charge in [0, 0.05) is 24.2 Å². The fourth-order valence-corrected chi connectivity index (χ4v) is 5.11. The number of rotatable bonds is 18. The SMILES string of the molecule is CCCN(CCC)CCCOc1ccc2c(c1)C(=O)c1ccc(OCCCN(CCC)CCC)cc1-2. The number of ketones is 1. The first-order valence-corrected chi connectivity index (χ1v) is 14.1. The van der Waals surface area contributed by atoms with Crippen molar-refractivity contribution < 1.29 is 14.3 Å². The van der Waals surface area contributed by atoms with Gasteiger partial charge in [0.15, 0.2) is 5.78 Å². The molecule has 5 heteroatoms. The van der Waals surface area contributed by atoms with Crippen molar-refractivity contribution in [2.45, 2.75) is 66.2 Å². The number of ether oxygens (including phenoxy) is 2. The largest absolute Gasteiger partial charge is 0.494 e. The van der Waals surface area contributed by atoms with E-state index in [1.165, 1.54) is 25.7 Å². The zero-order valence-corrected chi connectivity index (χ0v) is 23.0. The lowest BCUT2D eigenvalue weighted by molar-refractivity contribution is 0.104. The predicted octanol–water partition coefficient (Wildman–Crippen LogP) is 6.68. The molecule has 3 rings (SSSR count). The highest BCUT2D eigenvalue weighted by Crippen LogP contribution is 2.40. The highest BCUT2D eigenvalue weighted by molar-refractivity contribution is 6.22. The number of benzene rings is 2. The number of carbonyl (C=O) groups excluding carboxylic acids is 1. The second-order valence-corrected chi connectivity index (χ2v) is 9.83. The third kappa shape index (κ3) is 7.81. The summed E-state index contributed by atoms with van der Waals surface area (Å²) in [6, 6.07) is 11.8.